The van der Waals surface area contributed by atoms with E-state index in [0.29, 0.717) is 18.7 Å². The molecule has 19 heavy (non-hydrogen) atoms. The lowest BCUT2D eigenvalue weighted by Crippen LogP contribution is -2.38. The molecule has 0 radical (unpaired) electrons. The van der Waals surface area contributed by atoms with Crippen LogP contribution in [0.4, 0.5) is 10.1 Å². The van der Waals surface area contributed by atoms with E-state index < -0.39 is 0 Å². The van der Waals surface area contributed by atoms with E-state index in [-0.39, 0.29) is 11.7 Å². The molecule has 1 amide bonds. The zero-order valence-electron chi connectivity index (χ0n) is 11.4. The smallest absolute Gasteiger partial charge is 0.224 e. The van der Waals surface area contributed by atoms with Gasteiger partial charge in [0.15, 0.2) is 0 Å². The van der Waals surface area contributed by atoms with Gasteiger partial charge in [0.25, 0.3) is 0 Å². The number of likely N-dealkylation sites (tertiary alicyclic amines) is 1. The molecule has 1 aromatic carbocycles. The molecule has 0 spiro atoms. The van der Waals surface area contributed by atoms with Crippen molar-refractivity contribution in [2.24, 2.45) is 5.92 Å². The zero-order valence-corrected chi connectivity index (χ0v) is 11.4. The van der Waals surface area contributed by atoms with Crippen LogP contribution in [0.3, 0.4) is 0 Å². The maximum atomic E-state index is 13.4. The average molecular weight is 264 g/mol. The topological polar surface area (TPSA) is 32.3 Å². The summed E-state index contributed by atoms with van der Waals surface area (Å²) in [6.07, 6.45) is 2.60. The summed E-state index contributed by atoms with van der Waals surface area (Å²) in [4.78, 5) is 13.9. The summed E-state index contributed by atoms with van der Waals surface area (Å²) in [6, 6.07) is 6.53. The Morgan fingerprint density at radius 1 is 1.37 bits per heavy atom. The first-order valence-electron chi connectivity index (χ1n) is 6.93. The van der Waals surface area contributed by atoms with Crippen LogP contribution in [0.1, 0.15) is 26.2 Å². The minimum atomic E-state index is -0.276. The number of carbonyl (C=O) groups is 1. The number of anilines is 1. The van der Waals surface area contributed by atoms with E-state index in [1.54, 1.807) is 18.2 Å². The zero-order chi connectivity index (χ0) is 13.7. The molecule has 2 rings (SSSR count). The number of rotatable bonds is 4. The molecule has 1 N–H and O–H groups in total. The molecule has 0 atom stereocenters. The maximum Gasteiger partial charge on any atom is 0.224 e. The summed E-state index contributed by atoms with van der Waals surface area (Å²) in [7, 11) is 0. The molecule has 1 aliphatic heterocycles. The second kappa shape index (κ2) is 6.55. The SMILES string of the molecule is CC1CCN(C(=O)CCNc2ccccc2F)CC1. The fourth-order valence-corrected chi connectivity index (χ4v) is 2.32. The summed E-state index contributed by atoms with van der Waals surface area (Å²) >= 11 is 0. The monoisotopic (exact) mass is 264 g/mol. The standard InChI is InChI=1S/C15H21FN2O/c1-12-7-10-18(11-8-12)15(19)6-9-17-14-5-3-2-4-13(14)16/h2-5,12,17H,6-11H2,1H3. The number of hydrogen-bond donors (Lipinski definition) is 1. The van der Waals surface area contributed by atoms with Crippen molar-refractivity contribution >= 4 is 11.6 Å². The lowest BCUT2D eigenvalue weighted by Gasteiger charge is -2.30. The largest absolute Gasteiger partial charge is 0.382 e. The molecule has 0 bridgehead atoms. The van der Waals surface area contributed by atoms with Gasteiger partial charge in [0.1, 0.15) is 5.82 Å². The number of hydrogen-bond acceptors (Lipinski definition) is 2. The van der Waals surface area contributed by atoms with Crippen LogP contribution in [-0.2, 0) is 4.79 Å². The van der Waals surface area contributed by atoms with Crippen molar-refractivity contribution in [2.45, 2.75) is 26.2 Å². The van der Waals surface area contributed by atoms with Crippen LogP contribution in [0, 0.1) is 11.7 Å². The third-order valence-electron chi connectivity index (χ3n) is 3.66. The van der Waals surface area contributed by atoms with Gasteiger partial charge in [0.05, 0.1) is 5.69 Å². The van der Waals surface area contributed by atoms with Crippen LogP contribution in [0.2, 0.25) is 0 Å². The van der Waals surface area contributed by atoms with Crippen molar-refractivity contribution in [3.8, 4) is 0 Å². The second-order valence-electron chi connectivity index (χ2n) is 5.22. The van der Waals surface area contributed by atoms with E-state index in [1.165, 1.54) is 6.07 Å². The Morgan fingerprint density at radius 2 is 2.05 bits per heavy atom. The number of nitrogens with one attached hydrogen (secondary N) is 1. The van der Waals surface area contributed by atoms with Crippen molar-refractivity contribution in [3.05, 3.63) is 30.1 Å². The van der Waals surface area contributed by atoms with Gasteiger partial charge in [-0.25, -0.2) is 4.39 Å². The third-order valence-corrected chi connectivity index (χ3v) is 3.66. The summed E-state index contributed by atoms with van der Waals surface area (Å²) in [5.74, 6) is 0.609. The maximum absolute atomic E-state index is 13.4. The highest BCUT2D eigenvalue weighted by atomic mass is 19.1. The second-order valence-corrected chi connectivity index (χ2v) is 5.22. The Bertz CT molecular complexity index is 428. The molecule has 104 valence electrons. The van der Waals surface area contributed by atoms with Gasteiger partial charge in [-0.05, 0) is 30.9 Å². The number of halogens is 1. The third kappa shape index (κ3) is 3.94. The first-order valence-corrected chi connectivity index (χ1v) is 6.93. The van der Waals surface area contributed by atoms with Crippen LogP contribution in [-0.4, -0.2) is 30.4 Å². The quantitative estimate of drug-likeness (QED) is 0.907. The average Bonchev–Trinajstić information content (AvgIpc) is 2.41. The molecule has 0 aromatic heterocycles. The van der Waals surface area contributed by atoms with Gasteiger partial charge >= 0.3 is 0 Å². The number of nitrogens with zero attached hydrogens (tertiary/aromatic N) is 1. The van der Waals surface area contributed by atoms with Gasteiger partial charge < -0.3 is 10.2 Å². The predicted molar refractivity (Wildman–Crippen MR) is 74.5 cm³/mol. The van der Waals surface area contributed by atoms with Crippen LogP contribution in [0.25, 0.3) is 0 Å². The minimum absolute atomic E-state index is 0.163. The lowest BCUT2D eigenvalue weighted by molar-refractivity contribution is -0.132. The van der Waals surface area contributed by atoms with E-state index in [0.717, 1.165) is 31.8 Å². The van der Waals surface area contributed by atoms with Gasteiger partial charge in [-0.1, -0.05) is 19.1 Å². The fourth-order valence-electron chi connectivity index (χ4n) is 2.32. The van der Waals surface area contributed by atoms with Crippen molar-refractivity contribution in [3.63, 3.8) is 0 Å². The molecule has 4 heteroatoms. The Kier molecular flexibility index (Phi) is 4.77. The molecule has 0 saturated carbocycles. The van der Waals surface area contributed by atoms with Crippen LogP contribution in [0.5, 0.6) is 0 Å². The Hall–Kier alpha value is -1.58. The van der Waals surface area contributed by atoms with Crippen LogP contribution < -0.4 is 5.32 Å². The Labute approximate surface area is 113 Å². The van der Waals surface area contributed by atoms with Gasteiger partial charge in [0.2, 0.25) is 5.91 Å². The molecular formula is C15H21FN2O. The summed E-state index contributed by atoms with van der Waals surface area (Å²) in [6.45, 7) is 4.42. The van der Waals surface area contributed by atoms with E-state index in [1.807, 2.05) is 4.90 Å². The number of amides is 1. The van der Waals surface area contributed by atoms with Crippen LogP contribution in [0.15, 0.2) is 24.3 Å². The lowest BCUT2D eigenvalue weighted by atomic mass is 9.99. The highest BCUT2D eigenvalue weighted by Crippen LogP contribution is 2.17. The van der Waals surface area contributed by atoms with Gasteiger partial charge in [0, 0.05) is 26.1 Å². The van der Waals surface area contributed by atoms with Crippen molar-refractivity contribution in [2.75, 3.05) is 25.0 Å². The van der Waals surface area contributed by atoms with Gasteiger partial charge in [-0.2, -0.15) is 0 Å². The molecule has 1 aromatic rings. The van der Waals surface area contributed by atoms with E-state index >= 15 is 0 Å². The molecular weight excluding hydrogens is 243 g/mol. The fraction of sp³-hybridized carbons (Fsp3) is 0.533. The number of piperidine rings is 1. The van der Waals surface area contributed by atoms with E-state index in [2.05, 4.69) is 12.2 Å². The highest BCUT2D eigenvalue weighted by Gasteiger charge is 2.19. The summed E-state index contributed by atoms with van der Waals surface area (Å²) < 4.78 is 13.4. The predicted octanol–water partition coefficient (Wildman–Crippen LogP) is 2.89. The van der Waals surface area contributed by atoms with E-state index in [4.69, 9.17) is 0 Å². The highest BCUT2D eigenvalue weighted by molar-refractivity contribution is 5.76. The van der Waals surface area contributed by atoms with Gasteiger partial charge in [-0.15, -0.1) is 0 Å². The van der Waals surface area contributed by atoms with Crippen LogP contribution >= 0.6 is 0 Å². The van der Waals surface area contributed by atoms with Gasteiger partial charge in [-0.3, -0.25) is 4.79 Å². The molecule has 1 heterocycles. The molecule has 0 unspecified atom stereocenters. The van der Waals surface area contributed by atoms with Crippen molar-refractivity contribution < 1.29 is 9.18 Å². The summed E-state index contributed by atoms with van der Waals surface area (Å²) in [5.41, 5.74) is 0.461. The minimum Gasteiger partial charge on any atom is -0.382 e. The van der Waals surface area contributed by atoms with Crippen molar-refractivity contribution in [1.82, 2.24) is 4.90 Å². The molecule has 1 fully saturated rings. The summed E-state index contributed by atoms with van der Waals surface area (Å²) in [5, 5.41) is 2.97. The normalized spacial score (nSPS) is 16.4. The number of benzene rings is 1. The number of para-hydroxylation sites is 1. The first kappa shape index (κ1) is 13.8. The molecule has 1 saturated heterocycles. The van der Waals surface area contributed by atoms with E-state index in [9.17, 15) is 9.18 Å². The Morgan fingerprint density at radius 3 is 2.74 bits per heavy atom. The Balaban J connectivity index is 1.74. The molecule has 0 aliphatic carbocycles. The van der Waals surface area contributed by atoms with Crippen molar-refractivity contribution in [1.29, 1.82) is 0 Å². The molecule has 1 aliphatic rings. The molecule has 3 nitrogen and oxygen atoms in total. The first-order chi connectivity index (χ1) is 9.16. The number of carbonyl (C=O) groups excluding carboxylic acids is 1.